The third-order valence-electron chi connectivity index (χ3n) is 3.55. The molecule has 0 bridgehead atoms. The number of nitrogens with one attached hydrogen (secondary N) is 2. The number of anilines is 2. The average Bonchev–Trinajstić information content (AvgIpc) is 2.74. The largest absolute Gasteiger partial charge is 0.384 e. The van der Waals surface area contributed by atoms with Gasteiger partial charge in [-0.05, 0) is 44.0 Å². The van der Waals surface area contributed by atoms with E-state index >= 15 is 0 Å². The van der Waals surface area contributed by atoms with Gasteiger partial charge in [-0.3, -0.25) is 4.79 Å². The number of carbonyl (C=O) groups is 1. The van der Waals surface area contributed by atoms with Crippen LogP contribution in [0, 0.1) is 0 Å². The molecule has 0 spiro atoms. The Morgan fingerprint density at radius 3 is 2.68 bits per heavy atom. The summed E-state index contributed by atoms with van der Waals surface area (Å²) in [6.07, 6.45) is 1.98. The fraction of sp³-hybridized carbons (Fsp3) is 0.462. The van der Waals surface area contributed by atoms with Crippen LogP contribution in [-0.4, -0.2) is 31.9 Å². The molecule has 1 aliphatic heterocycles. The third-order valence-corrected chi connectivity index (χ3v) is 5.59. The zero-order chi connectivity index (χ0) is 14.3. The summed E-state index contributed by atoms with van der Waals surface area (Å²) in [5.74, 6) is -0.513. The summed E-state index contributed by atoms with van der Waals surface area (Å²) in [6.45, 7) is 3.71. The van der Waals surface area contributed by atoms with Gasteiger partial charge in [0.05, 0.1) is 0 Å². The first-order valence-corrected chi connectivity index (χ1v) is 7.99. The van der Waals surface area contributed by atoms with Gasteiger partial charge in [-0.1, -0.05) is 0 Å². The van der Waals surface area contributed by atoms with Crippen LogP contribution in [0.5, 0.6) is 0 Å². The highest BCUT2D eigenvalue weighted by atomic mass is 32.2. The van der Waals surface area contributed by atoms with Gasteiger partial charge < -0.3 is 10.6 Å². The van der Waals surface area contributed by atoms with Gasteiger partial charge in [0.2, 0.25) is 5.91 Å². The molecule has 104 valence electrons. The predicted octanol–water partition coefficient (Wildman–Crippen LogP) is 1.42. The zero-order valence-corrected chi connectivity index (χ0v) is 12.1. The summed E-state index contributed by atoms with van der Waals surface area (Å²) in [5, 5.41) is 5.90. The number of amides is 1. The number of sulfone groups is 1. The molecule has 0 aliphatic carbocycles. The molecule has 0 unspecified atom stereocenters. The second-order valence-corrected chi connectivity index (χ2v) is 7.85. The van der Waals surface area contributed by atoms with E-state index in [9.17, 15) is 13.2 Å². The van der Waals surface area contributed by atoms with Crippen LogP contribution in [0.1, 0.15) is 19.4 Å². The lowest BCUT2D eigenvalue weighted by molar-refractivity contribution is -0.117. The Morgan fingerprint density at radius 2 is 2.05 bits per heavy atom. The van der Waals surface area contributed by atoms with E-state index in [2.05, 4.69) is 10.6 Å². The van der Waals surface area contributed by atoms with Crippen LogP contribution in [0.3, 0.4) is 0 Å². The fourth-order valence-electron chi connectivity index (χ4n) is 1.83. The van der Waals surface area contributed by atoms with Crippen LogP contribution >= 0.6 is 0 Å². The van der Waals surface area contributed by atoms with E-state index in [4.69, 9.17) is 0 Å². The molecule has 1 aromatic carbocycles. The molecule has 6 heteroatoms. The van der Waals surface area contributed by atoms with E-state index in [0.29, 0.717) is 5.69 Å². The lowest BCUT2D eigenvalue weighted by Crippen LogP contribution is -2.43. The van der Waals surface area contributed by atoms with E-state index in [1.807, 2.05) is 12.1 Å². The smallest absolute Gasteiger partial charge is 0.245 e. The van der Waals surface area contributed by atoms with Gasteiger partial charge in [0.25, 0.3) is 0 Å². The second-order valence-electron chi connectivity index (χ2n) is 5.29. The minimum Gasteiger partial charge on any atom is -0.384 e. The number of fused-ring (bicyclic) bond motifs is 1. The second kappa shape index (κ2) is 4.52. The molecule has 0 fully saturated rings. The van der Waals surface area contributed by atoms with Crippen LogP contribution in [0.2, 0.25) is 0 Å². The van der Waals surface area contributed by atoms with Crippen LogP contribution < -0.4 is 10.6 Å². The van der Waals surface area contributed by atoms with Crippen LogP contribution in [0.4, 0.5) is 11.4 Å². The molecule has 0 saturated carbocycles. The van der Waals surface area contributed by atoms with Crippen molar-refractivity contribution in [3.8, 4) is 0 Å². The molecule has 1 aliphatic rings. The molecule has 0 aromatic heterocycles. The molecule has 2 rings (SSSR count). The first kappa shape index (κ1) is 13.9. The molecule has 1 aromatic rings. The van der Waals surface area contributed by atoms with Gasteiger partial charge in [-0.15, -0.1) is 0 Å². The zero-order valence-electron chi connectivity index (χ0n) is 11.3. The first-order valence-electron chi connectivity index (χ1n) is 6.09. The molecule has 19 heavy (non-hydrogen) atoms. The van der Waals surface area contributed by atoms with Crippen molar-refractivity contribution in [2.75, 3.05) is 23.4 Å². The number of benzene rings is 1. The Morgan fingerprint density at radius 1 is 1.37 bits per heavy atom. The van der Waals surface area contributed by atoms with Crippen molar-refractivity contribution in [2.45, 2.75) is 25.0 Å². The maximum absolute atomic E-state index is 12.1. The van der Waals surface area contributed by atoms with Gasteiger partial charge in [-0.2, -0.15) is 0 Å². The molecule has 5 nitrogen and oxygen atoms in total. The van der Waals surface area contributed by atoms with E-state index < -0.39 is 20.5 Å². The van der Waals surface area contributed by atoms with Crippen molar-refractivity contribution in [1.82, 2.24) is 0 Å². The minimum absolute atomic E-state index is 0.513. The van der Waals surface area contributed by atoms with Crippen molar-refractivity contribution in [3.63, 3.8) is 0 Å². The van der Waals surface area contributed by atoms with Gasteiger partial charge in [0.15, 0.2) is 9.84 Å². The summed E-state index contributed by atoms with van der Waals surface area (Å²) < 4.78 is 21.8. The summed E-state index contributed by atoms with van der Waals surface area (Å²) >= 11 is 0. The highest BCUT2D eigenvalue weighted by molar-refractivity contribution is 7.92. The topological polar surface area (TPSA) is 75.3 Å². The van der Waals surface area contributed by atoms with Crippen molar-refractivity contribution in [1.29, 1.82) is 0 Å². The number of rotatable bonds is 3. The summed E-state index contributed by atoms with van der Waals surface area (Å²) in [5.41, 5.74) is 2.83. The van der Waals surface area contributed by atoms with Gasteiger partial charge in [0.1, 0.15) is 4.75 Å². The van der Waals surface area contributed by atoms with Crippen molar-refractivity contribution in [2.24, 2.45) is 0 Å². The van der Waals surface area contributed by atoms with Gasteiger partial charge >= 0.3 is 0 Å². The molecule has 1 amide bonds. The van der Waals surface area contributed by atoms with Crippen molar-refractivity contribution < 1.29 is 13.2 Å². The first-order chi connectivity index (χ1) is 8.72. The van der Waals surface area contributed by atoms with Gasteiger partial charge in [0, 0.05) is 24.2 Å². The number of carbonyl (C=O) groups excluding carboxylic acids is 1. The molecule has 2 N–H and O–H groups in total. The highest BCUT2D eigenvalue weighted by Crippen LogP contribution is 2.26. The molecular formula is C13H18N2O3S. The lowest BCUT2D eigenvalue weighted by atomic mass is 10.1. The van der Waals surface area contributed by atoms with E-state index in [1.165, 1.54) is 13.8 Å². The number of hydrogen-bond acceptors (Lipinski definition) is 4. The maximum Gasteiger partial charge on any atom is 0.245 e. The summed E-state index contributed by atoms with van der Waals surface area (Å²) in [6, 6.07) is 5.55. The third kappa shape index (κ3) is 2.58. The Balaban J connectivity index is 2.20. The lowest BCUT2D eigenvalue weighted by Gasteiger charge is -2.21. The Hall–Kier alpha value is -1.56. The molecule has 0 radical (unpaired) electrons. The van der Waals surface area contributed by atoms with Crippen LogP contribution in [0.15, 0.2) is 18.2 Å². The van der Waals surface area contributed by atoms with Gasteiger partial charge in [-0.25, -0.2) is 8.42 Å². The Kier molecular flexibility index (Phi) is 3.30. The highest BCUT2D eigenvalue weighted by Gasteiger charge is 2.38. The standard InChI is InChI=1S/C13H18N2O3S/c1-13(2,19(3,17)18)12(16)15-10-4-5-11-9(8-10)6-7-14-11/h4-5,8,14H,6-7H2,1-3H3,(H,15,16). The van der Waals surface area contributed by atoms with Crippen LogP contribution in [0.25, 0.3) is 0 Å². The Bertz CT molecular complexity index is 621. The Labute approximate surface area is 113 Å². The minimum atomic E-state index is -3.46. The van der Waals surface area contributed by atoms with E-state index in [-0.39, 0.29) is 0 Å². The van der Waals surface area contributed by atoms with E-state index in [0.717, 1.165) is 30.5 Å². The fourth-order valence-corrected chi connectivity index (χ4v) is 2.22. The van der Waals surface area contributed by atoms with Crippen LogP contribution in [-0.2, 0) is 21.1 Å². The predicted molar refractivity (Wildman–Crippen MR) is 76.2 cm³/mol. The number of hydrogen-bond donors (Lipinski definition) is 2. The van der Waals surface area contributed by atoms with E-state index in [1.54, 1.807) is 6.07 Å². The summed E-state index contributed by atoms with van der Waals surface area (Å²) in [4.78, 5) is 12.1. The molecule has 0 atom stereocenters. The summed E-state index contributed by atoms with van der Waals surface area (Å²) in [7, 11) is -3.46. The SMILES string of the molecule is CC(C)(C(=O)Nc1ccc2c(c1)CCN2)S(C)(=O)=O. The average molecular weight is 282 g/mol. The van der Waals surface area contributed by atoms with Crippen molar-refractivity contribution >= 4 is 27.1 Å². The monoisotopic (exact) mass is 282 g/mol. The molecule has 0 saturated heterocycles. The molecule has 1 heterocycles. The van der Waals surface area contributed by atoms with Crippen molar-refractivity contribution in [3.05, 3.63) is 23.8 Å². The normalized spacial score (nSPS) is 14.7. The molecular weight excluding hydrogens is 264 g/mol. The maximum atomic E-state index is 12.1. The quantitative estimate of drug-likeness (QED) is 0.879.